The van der Waals surface area contributed by atoms with Gasteiger partial charge >= 0.3 is 0 Å². The van der Waals surface area contributed by atoms with Crippen LogP contribution in [-0.4, -0.2) is 10.2 Å². The fraction of sp³-hybridized carbons (Fsp3) is 0.0833. The van der Waals surface area contributed by atoms with Gasteiger partial charge in [0.15, 0.2) is 5.69 Å². The lowest BCUT2D eigenvalue weighted by molar-refractivity contribution is 0.452. The molecule has 0 N–H and O–H groups in total. The second-order valence-electron chi connectivity index (χ2n) is 3.38. The van der Waals surface area contributed by atoms with Gasteiger partial charge in [0.05, 0.1) is 0 Å². The summed E-state index contributed by atoms with van der Waals surface area (Å²) < 4.78 is 18.4. The summed E-state index contributed by atoms with van der Waals surface area (Å²) in [5.74, 6) is 0.446. The molecule has 0 aliphatic rings. The summed E-state index contributed by atoms with van der Waals surface area (Å²) in [6.07, 6.45) is 0. The van der Waals surface area contributed by atoms with Gasteiger partial charge in [0.25, 0.3) is 0 Å². The summed E-state index contributed by atoms with van der Waals surface area (Å²) in [6, 6.07) is 9.27. The van der Waals surface area contributed by atoms with E-state index in [-0.39, 0.29) is 17.4 Å². The second kappa shape index (κ2) is 4.58. The van der Waals surface area contributed by atoms with Gasteiger partial charge in [-0.1, -0.05) is 0 Å². The van der Waals surface area contributed by atoms with Crippen molar-refractivity contribution in [1.82, 2.24) is 10.2 Å². The van der Waals surface area contributed by atoms with E-state index in [4.69, 9.17) is 10.00 Å². The van der Waals surface area contributed by atoms with Crippen molar-refractivity contribution < 1.29 is 9.13 Å². The topological polar surface area (TPSA) is 58.8 Å². The first-order chi connectivity index (χ1) is 8.19. The van der Waals surface area contributed by atoms with Crippen LogP contribution in [0.2, 0.25) is 0 Å². The molecule has 0 spiro atoms. The number of aryl methyl sites for hydroxylation is 1. The number of ether oxygens (including phenoxy) is 1. The summed E-state index contributed by atoms with van der Waals surface area (Å²) >= 11 is 0. The number of nitrogens with zero attached hydrogens (tertiary/aromatic N) is 3. The minimum atomic E-state index is -0.289. The van der Waals surface area contributed by atoms with Crippen molar-refractivity contribution in [3.05, 3.63) is 47.4 Å². The zero-order valence-corrected chi connectivity index (χ0v) is 9.01. The summed E-state index contributed by atoms with van der Waals surface area (Å²) in [7, 11) is 0. The second-order valence-corrected chi connectivity index (χ2v) is 3.38. The van der Waals surface area contributed by atoms with Gasteiger partial charge in [0.2, 0.25) is 5.88 Å². The highest BCUT2D eigenvalue weighted by atomic mass is 19.1. The standard InChI is InChI=1S/C12H8FN3O/c1-8-6-10(3-4-11(8)13)17-12-5-2-9(7-14)15-16-12/h2-6H,1H3. The predicted molar refractivity (Wildman–Crippen MR) is 58.0 cm³/mol. The van der Waals surface area contributed by atoms with Crippen LogP contribution >= 0.6 is 0 Å². The molecule has 1 heterocycles. The zero-order valence-electron chi connectivity index (χ0n) is 9.01. The Morgan fingerprint density at radius 3 is 2.65 bits per heavy atom. The first-order valence-corrected chi connectivity index (χ1v) is 4.87. The van der Waals surface area contributed by atoms with Crippen LogP contribution < -0.4 is 4.74 Å². The van der Waals surface area contributed by atoms with E-state index in [0.717, 1.165) is 0 Å². The van der Waals surface area contributed by atoms with E-state index in [0.29, 0.717) is 11.3 Å². The van der Waals surface area contributed by atoms with Gasteiger partial charge in [-0.05, 0) is 36.8 Å². The van der Waals surface area contributed by atoms with Gasteiger partial charge in [0, 0.05) is 6.07 Å². The van der Waals surface area contributed by atoms with Crippen LogP contribution in [-0.2, 0) is 0 Å². The van der Waals surface area contributed by atoms with Crippen LogP contribution in [0, 0.1) is 24.1 Å². The molecule has 2 aromatic rings. The molecule has 2 rings (SSSR count). The fourth-order valence-electron chi connectivity index (χ4n) is 1.24. The molecule has 0 saturated carbocycles. The van der Waals surface area contributed by atoms with E-state index in [1.54, 1.807) is 13.0 Å². The molecule has 0 radical (unpaired) electrons. The lowest BCUT2D eigenvalue weighted by Crippen LogP contribution is -1.93. The van der Waals surface area contributed by atoms with Crippen molar-refractivity contribution in [2.45, 2.75) is 6.92 Å². The Morgan fingerprint density at radius 2 is 2.06 bits per heavy atom. The molecule has 1 aromatic carbocycles. The molecular formula is C12H8FN3O. The summed E-state index contributed by atoms with van der Waals surface area (Å²) in [5.41, 5.74) is 0.705. The Kier molecular flexibility index (Phi) is 2.97. The van der Waals surface area contributed by atoms with Gasteiger partial charge in [-0.2, -0.15) is 5.26 Å². The molecule has 0 unspecified atom stereocenters. The summed E-state index contributed by atoms with van der Waals surface area (Å²) in [4.78, 5) is 0. The van der Waals surface area contributed by atoms with Crippen LogP contribution in [0.1, 0.15) is 11.3 Å². The normalized spacial score (nSPS) is 9.71. The smallest absolute Gasteiger partial charge is 0.238 e. The molecule has 0 atom stereocenters. The lowest BCUT2D eigenvalue weighted by Gasteiger charge is -2.04. The maximum Gasteiger partial charge on any atom is 0.238 e. The van der Waals surface area contributed by atoms with Crippen molar-refractivity contribution in [3.8, 4) is 17.7 Å². The van der Waals surface area contributed by atoms with Gasteiger partial charge < -0.3 is 4.74 Å². The minimum absolute atomic E-state index is 0.215. The average molecular weight is 229 g/mol. The number of halogens is 1. The summed E-state index contributed by atoms with van der Waals surface area (Å²) in [5, 5.41) is 15.9. The third-order valence-corrected chi connectivity index (χ3v) is 2.11. The molecule has 0 aliphatic heterocycles. The van der Waals surface area contributed by atoms with E-state index in [2.05, 4.69) is 10.2 Å². The third kappa shape index (κ3) is 2.55. The first-order valence-electron chi connectivity index (χ1n) is 4.87. The number of hydrogen-bond acceptors (Lipinski definition) is 4. The highest BCUT2D eigenvalue weighted by Gasteiger charge is 2.03. The predicted octanol–water partition coefficient (Wildman–Crippen LogP) is 2.59. The molecular weight excluding hydrogens is 221 g/mol. The van der Waals surface area contributed by atoms with Gasteiger partial charge in [0.1, 0.15) is 17.6 Å². The maximum absolute atomic E-state index is 13.0. The number of benzene rings is 1. The van der Waals surface area contributed by atoms with E-state index >= 15 is 0 Å². The molecule has 0 aliphatic carbocycles. The number of nitriles is 1. The molecule has 84 valence electrons. The molecule has 0 fully saturated rings. The van der Waals surface area contributed by atoms with Crippen molar-refractivity contribution in [2.24, 2.45) is 0 Å². The Labute approximate surface area is 97.3 Å². The molecule has 17 heavy (non-hydrogen) atoms. The van der Waals surface area contributed by atoms with Crippen LogP contribution in [0.4, 0.5) is 4.39 Å². The number of aromatic nitrogens is 2. The van der Waals surface area contributed by atoms with Crippen molar-refractivity contribution in [1.29, 1.82) is 5.26 Å². The Morgan fingerprint density at radius 1 is 1.24 bits per heavy atom. The Hall–Kier alpha value is -2.48. The average Bonchev–Trinajstić information content (AvgIpc) is 2.35. The van der Waals surface area contributed by atoms with Crippen LogP contribution in [0.3, 0.4) is 0 Å². The largest absolute Gasteiger partial charge is 0.438 e. The van der Waals surface area contributed by atoms with Crippen LogP contribution in [0.5, 0.6) is 11.6 Å². The number of rotatable bonds is 2. The van der Waals surface area contributed by atoms with Gasteiger partial charge in [-0.3, -0.25) is 0 Å². The SMILES string of the molecule is Cc1cc(Oc2ccc(C#N)nn2)ccc1F. The number of hydrogen-bond donors (Lipinski definition) is 0. The van der Waals surface area contributed by atoms with Crippen molar-refractivity contribution in [3.63, 3.8) is 0 Å². The van der Waals surface area contributed by atoms with Gasteiger partial charge in [-0.15, -0.1) is 10.2 Å². The first kappa shape index (κ1) is 11.0. The quantitative estimate of drug-likeness (QED) is 0.794. The van der Waals surface area contributed by atoms with Crippen LogP contribution in [0.15, 0.2) is 30.3 Å². The lowest BCUT2D eigenvalue weighted by atomic mass is 10.2. The molecule has 4 nitrogen and oxygen atoms in total. The van der Waals surface area contributed by atoms with Crippen molar-refractivity contribution in [2.75, 3.05) is 0 Å². The molecule has 5 heteroatoms. The Bertz CT molecular complexity index is 575. The maximum atomic E-state index is 13.0. The Balaban J connectivity index is 2.20. The fourth-order valence-corrected chi connectivity index (χ4v) is 1.24. The summed E-state index contributed by atoms with van der Waals surface area (Å²) in [6.45, 7) is 1.65. The van der Waals surface area contributed by atoms with Crippen LogP contribution in [0.25, 0.3) is 0 Å². The highest BCUT2D eigenvalue weighted by Crippen LogP contribution is 2.21. The zero-order chi connectivity index (χ0) is 12.3. The van der Waals surface area contributed by atoms with Gasteiger partial charge in [-0.25, -0.2) is 4.39 Å². The van der Waals surface area contributed by atoms with Crippen molar-refractivity contribution >= 4 is 0 Å². The minimum Gasteiger partial charge on any atom is -0.438 e. The van der Waals surface area contributed by atoms with E-state index in [1.807, 2.05) is 6.07 Å². The molecule has 1 aromatic heterocycles. The molecule has 0 saturated heterocycles. The van der Waals surface area contributed by atoms with E-state index < -0.39 is 0 Å². The monoisotopic (exact) mass is 229 g/mol. The molecule has 0 bridgehead atoms. The van der Waals surface area contributed by atoms with E-state index in [9.17, 15) is 4.39 Å². The third-order valence-electron chi connectivity index (χ3n) is 2.11. The van der Waals surface area contributed by atoms with E-state index in [1.165, 1.54) is 24.3 Å². The highest BCUT2D eigenvalue weighted by molar-refractivity contribution is 5.32. The molecule has 0 amide bonds.